The summed E-state index contributed by atoms with van der Waals surface area (Å²) in [6.07, 6.45) is 16.1. The molecule has 1 aromatic rings. The fourth-order valence-electron chi connectivity index (χ4n) is 9.17. The highest BCUT2D eigenvalue weighted by Crippen LogP contribution is 2.67. The zero-order chi connectivity index (χ0) is 24.8. The summed E-state index contributed by atoms with van der Waals surface area (Å²) in [5.41, 5.74) is 0.963. The molecule has 5 rings (SSSR count). The first-order valence-corrected chi connectivity index (χ1v) is 14.6. The Kier molecular flexibility index (Phi) is 7.24. The highest BCUT2D eigenvalue weighted by molar-refractivity contribution is 7.98. The van der Waals surface area contributed by atoms with E-state index in [1.165, 1.54) is 64.2 Å². The minimum absolute atomic E-state index is 0.231. The van der Waals surface area contributed by atoms with E-state index in [9.17, 15) is 18.0 Å². The van der Waals surface area contributed by atoms with Gasteiger partial charge in [0.2, 0.25) is 5.91 Å². The molecule has 0 spiro atoms. The number of hydrogen-bond donors (Lipinski definition) is 1. The lowest BCUT2D eigenvalue weighted by Gasteiger charge is -2.60. The molecule has 0 aliphatic heterocycles. The van der Waals surface area contributed by atoms with Gasteiger partial charge in [-0.05, 0) is 117 Å². The molecule has 0 bridgehead atoms. The van der Waals surface area contributed by atoms with Gasteiger partial charge >= 0.3 is 0 Å². The second kappa shape index (κ2) is 9.95. The number of carbonyl (C=O) groups excluding carboxylic acids is 1. The van der Waals surface area contributed by atoms with Gasteiger partial charge in [-0.2, -0.15) is 0 Å². The van der Waals surface area contributed by atoms with Crippen LogP contribution in [0.25, 0.3) is 0 Å². The third-order valence-corrected chi connectivity index (χ3v) is 11.9. The average molecular weight is 508 g/mol. The summed E-state index contributed by atoms with van der Waals surface area (Å²) in [5.74, 6) is 1.06. The minimum atomic E-state index is -0.996. The van der Waals surface area contributed by atoms with Gasteiger partial charge in [-0.25, -0.2) is 13.2 Å². The molecule has 4 fully saturated rings. The Morgan fingerprint density at radius 2 is 1.69 bits per heavy atom. The molecule has 0 radical (unpaired) electrons. The Balaban J connectivity index is 1.14. The van der Waals surface area contributed by atoms with Crippen LogP contribution in [0.4, 0.5) is 13.2 Å². The SMILES string of the molecule is CC12CCCCC1CCC1C2CCC2(C)C(CCCC(=O)NSc3c(F)cc(F)cc3F)CCC12. The normalized spacial score (nSPS) is 38.4. The van der Waals surface area contributed by atoms with Gasteiger partial charge in [-0.3, -0.25) is 9.52 Å². The number of benzene rings is 1. The van der Waals surface area contributed by atoms with Gasteiger partial charge in [-0.1, -0.05) is 26.7 Å². The van der Waals surface area contributed by atoms with E-state index in [2.05, 4.69) is 18.6 Å². The summed E-state index contributed by atoms with van der Waals surface area (Å²) in [5, 5.41) is 0. The maximum absolute atomic E-state index is 13.8. The maximum atomic E-state index is 13.8. The summed E-state index contributed by atoms with van der Waals surface area (Å²) < 4.78 is 43.2. The summed E-state index contributed by atoms with van der Waals surface area (Å²) in [7, 11) is 0. The van der Waals surface area contributed by atoms with Crippen molar-refractivity contribution in [2.45, 2.75) is 102 Å². The van der Waals surface area contributed by atoms with E-state index in [0.717, 1.165) is 36.5 Å². The van der Waals surface area contributed by atoms with Crippen molar-refractivity contribution in [1.29, 1.82) is 0 Å². The fourth-order valence-corrected chi connectivity index (χ4v) is 9.80. The van der Waals surface area contributed by atoms with Crippen LogP contribution in [0.15, 0.2) is 17.0 Å². The zero-order valence-corrected chi connectivity index (χ0v) is 22.0. The molecule has 4 aliphatic rings. The monoisotopic (exact) mass is 507 g/mol. The van der Waals surface area contributed by atoms with Gasteiger partial charge in [0.15, 0.2) is 0 Å². The highest BCUT2D eigenvalue weighted by atomic mass is 32.2. The molecule has 6 heteroatoms. The lowest BCUT2D eigenvalue weighted by atomic mass is 9.45. The Bertz CT molecular complexity index is 933. The van der Waals surface area contributed by atoms with Crippen LogP contribution < -0.4 is 4.72 Å². The van der Waals surface area contributed by atoms with Crippen LogP contribution in [0.1, 0.15) is 97.3 Å². The van der Waals surface area contributed by atoms with Crippen LogP contribution >= 0.6 is 11.9 Å². The third-order valence-electron chi connectivity index (χ3n) is 11.0. The minimum Gasteiger partial charge on any atom is -0.296 e. The van der Waals surface area contributed by atoms with Crippen LogP contribution in [0.2, 0.25) is 0 Å². The van der Waals surface area contributed by atoms with Crippen molar-refractivity contribution >= 4 is 17.9 Å². The number of carbonyl (C=O) groups is 1. The number of rotatable bonds is 6. The Labute approximate surface area is 212 Å². The lowest BCUT2D eigenvalue weighted by Crippen LogP contribution is -2.52. The van der Waals surface area contributed by atoms with Gasteiger partial charge in [0.1, 0.15) is 22.3 Å². The van der Waals surface area contributed by atoms with Crippen LogP contribution in [-0.4, -0.2) is 5.91 Å². The average Bonchev–Trinajstić information content (AvgIpc) is 3.14. The van der Waals surface area contributed by atoms with Crippen molar-refractivity contribution in [1.82, 2.24) is 4.72 Å². The largest absolute Gasteiger partial charge is 0.296 e. The van der Waals surface area contributed by atoms with Crippen LogP contribution in [0.5, 0.6) is 0 Å². The van der Waals surface area contributed by atoms with Crippen molar-refractivity contribution < 1.29 is 18.0 Å². The maximum Gasteiger partial charge on any atom is 0.230 e. The number of hydrogen-bond acceptors (Lipinski definition) is 2. The first-order valence-electron chi connectivity index (χ1n) is 13.8. The van der Waals surface area contributed by atoms with E-state index in [4.69, 9.17) is 0 Å². The molecule has 4 aliphatic carbocycles. The number of amides is 1. The van der Waals surface area contributed by atoms with Crippen LogP contribution in [0, 0.1) is 57.9 Å². The first kappa shape index (κ1) is 25.5. The van der Waals surface area contributed by atoms with Gasteiger partial charge in [-0.15, -0.1) is 0 Å². The molecule has 7 unspecified atom stereocenters. The van der Waals surface area contributed by atoms with E-state index >= 15 is 0 Å². The second-order valence-corrected chi connectivity index (χ2v) is 13.3. The van der Waals surface area contributed by atoms with E-state index < -0.39 is 17.5 Å². The summed E-state index contributed by atoms with van der Waals surface area (Å²) in [4.78, 5) is 12.0. The number of nitrogens with one attached hydrogen (secondary N) is 1. The molecule has 2 nitrogen and oxygen atoms in total. The van der Waals surface area contributed by atoms with E-state index in [1.807, 2.05) is 0 Å². The molecule has 0 saturated heterocycles. The Hall–Kier alpha value is -1.17. The van der Waals surface area contributed by atoms with Gasteiger partial charge in [0.25, 0.3) is 0 Å². The van der Waals surface area contributed by atoms with Crippen LogP contribution in [0.3, 0.4) is 0 Å². The van der Waals surface area contributed by atoms with E-state index in [0.29, 0.717) is 47.2 Å². The molecule has 4 saturated carbocycles. The van der Waals surface area contributed by atoms with E-state index in [-0.39, 0.29) is 10.8 Å². The second-order valence-electron chi connectivity index (χ2n) is 12.4. The number of fused-ring (bicyclic) bond motifs is 5. The molecule has 7 atom stereocenters. The fraction of sp³-hybridized carbons (Fsp3) is 0.759. The lowest BCUT2D eigenvalue weighted by molar-refractivity contribution is -0.119. The molecule has 0 heterocycles. The van der Waals surface area contributed by atoms with Gasteiger partial charge < -0.3 is 0 Å². The van der Waals surface area contributed by atoms with Crippen molar-refractivity contribution in [3.8, 4) is 0 Å². The zero-order valence-electron chi connectivity index (χ0n) is 21.2. The molecule has 1 amide bonds. The van der Waals surface area contributed by atoms with Crippen LogP contribution in [-0.2, 0) is 4.79 Å². The summed E-state index contributed by atoms with van der Waals surface area (Å²) in [6.45, 7) is 5.17. The Morgan fingerprint density at radius 3 is 2.46 bits per heavy atom. The standard InChI is InChI=1S/C29H40F3NOS/c1-28-14-4-3-6-18(28)9-11-21-22-12-10-19(29(22,2)15-13-23(21)28)7-5-8-26(34)33-35-27-24(31)16-20(30)17-25(27)32/h16-19,21-23H,3-15H2,1-2H3,(H,33,34). The Morgan fingerprint density at radius 1 is 0.943 bits per heavy atom. The van der Waals surface area contributed by atoms with E-state index in [1.54, 1.807) is 0 Å². The van der Waals surface area contributed by atoms with Crippen molar-refractivity contribution in [2.24, 2.45) is 40.4 Å². The molecule has 0 aromatic heterocycles. The first-order chi connectivity index (χ1) is 16.7. The molecule has 194 valence electrons. The van der Waals surface area contributed by atoms with Crippen molar-refractivity contribution in [2.75, 3.05) is 0 Å². The smallest absolute Gasteiger partial charge is 0.230 e. The summed E-state index contributed by atoms with van der Waals surface area (Å²) in [6, 6.07) is 1.26. The molecule has 35 heavy (non-hydrogen) atoms. The van der Waals surface area contributed by atoms with Crippen molar-refractivity contribution in [3.63, 3.8) is 0 Å². The molecular formula is C29H40F3NOS. The predicted octanol–water partition coefficient (Wildman–Crippen LogP) is 8.45. The highest BCUT2D eigenvalue weighted by Gasteiger charge is 2.59. The third kappa shape index (κ3) is 4.66. The topological polar surface area (TPSA) is 29.1 Å². The summed E-state index contributed by atoms with van der Waals surface area (Å²) >= 11 is 0.595. The predicted molar refractivity (Wildman–Crippen MR) is 134 cm³/mol. The van der Waals surface area contributed by atoms with Gasteiger partial charge in [0, 0.05) is 18.6 Å². The molecule has 1 aromatic carbocycles. The quantitative estimate of drug-likeness (QED) is 0.391. The number of halogens is 3. The van der Waals surface area contributed by atoms with Gasteiger partial charge in [0.05, 0.1) is 0 Å². The van der Waals surface area contributed by atoms with Crippen molar-refractivity contribution in [3.05, 3.63) is 29.6 Å². The molecular weight excluding hydrogens is 467 g/mol. The molecule has 1 N–H and O–H groups in total.